The van der Waals surface area contributed by atoms with E-state index in [0.717, 1.165) is 37.1 Å². The van der Waals surface area contributed by atoms with Gasteiger partial charge in [-0.15, -0.1) is 0 Å². The number of rotatable bonds is 4. The molecule has 1 atom stereocenters. The Labute approximate surface area is 113 Å². The second kappa shape index (κ2) is 6.05. The standard InChI is InChI=1S/C13H18Cl2N2/c1-16-7-10-4-5-17(8-10)9-11-2-3-12(14)6-13(11)15/h2-3,6,10,16H,4-5,7-9H2,1H3. The van der Waals surface area contributed by atoms with E-state index in [4.69, 9.17) is 23.2 Å². The molecule has 0 aromatic heterocycles. The number of likely N-dealkylation sites (tertiary alicyclic amines) is 1. The zero-order chi connectivity index (χ0) is 12.3. The predicted molar refractivity (Wildman–Crippen MR) is 73.8 cm³/mol. The number of nitrogens with one attached hydrogen (secondary N) is 1. The lowest BCUT2D eigenvalue weighted by atomic mass is 10.1. The molecule has 1 aromatic rings. The molecule has 4 heteroatoms. The van der Waals surface area contributed by atoms with Gasteiger partial charge in [-0.1, -0.05) is 29.3 Å². The molecule has 1 N–H and O–H groups in total. The van der Waals surface area contributed by atoms with E-state index in [1.807, 2.05) is 25.2 Å². The number of benzene rings is 1. The van der Waals surface area contributed by atoms with Crippen LogP contribution in [-0.2, 0) is 6.54 Å². The maximum Gasteiger partial charge on any atom is 0.0465 e. The van der Waals surface area contributed by atoms with Crippen LogP contribution in [0.2, 0.25) is 10.0 Å². The van der Waals surface area contributed by atoms with Crippen molar-refractivity contribution in [1.82, 2.24) is 10.2 Å². The van der Waals surface area contributed by atoms with Crippen LogP contribution < -0.4 is 5.32 Å². The zero-order valence-electron chi connectivity index (χ0n) is 10.0. The van der Waals surface area contributed by atoms with Crippen molar-refractivity contribution in [3.63, 3.8) is 0 Å². The van der Waals surface area contributed by atoms with Gasteiger partial charge in [-0.2, -0.15) is 0 Å². The van der Waals surface area contributed by atoms with Crippen molar-refractivity contribution in [2.45, 2.75) is 13.0 Å². The van der Waals surface area contributed by atoms with Gasteiger partial charge in [0, 0.05) is 23.1 Å². The minimum atomic E-state index is 0.702. The molecular weight excluding hydrogens is 255 g/mol. The maximum atomic E-state index is 6.18. The second-order valence-corrected chi connectivity index (χ2v) is 5.53. The van der Waals surface area contributed by atoms with Crippen LogP contribution in [0, 0.1) is 5.92 Å². The topological polar surface area (TPSA) is 15.3 Å². The fourth-order valence-corrected chi connectivity index (χ4v) is 2.87. The van der Waals surface area contributed by atoms with E-state index in [-0.39, 0.29) is 0 Å². The molecule has 1 heterocycles. The molecule has 17 heavy (non-hydrogen) atoms. The van der Waals surface area contributed by atoms with Crippen molar-refractivity contribution < 1.29 is 0 Å². The van der Waals surface area contributed by atoms with Crippen molar-refractivity contribution in [3.05, 3.63) is 33.8 Å². The van der Waals surface area contributed by atoms with Crippen LogP contribution in [0.1, 0.15) is 12.0 Å². The molecule has 1 aliphatic rings. The Morgan fingerprint density at radius 3 is 2.94 bits per heavy atom. The summed E-state index contributed by atoms with van der Waals surface area (Å²) in [5, 5.41) is 4.72. The maximum absolute atomic E-state index is 6.18. The summed E-state index contributed by atoms with van der Waals surface area (Å²) in [5.41, 5.74) is 1.17. The van der Waals surface area contributed by atoms with Gasteiger partial charge in [0.05, 0.1) is 0 Å². The third-order valence-corrected chi connectivity index (χ3v) is 3.86. The van der Waals surface area contributed by atoms with Gasteiger partial charge >= 0.3 is 0 Å². The molecule has 0 aliphatic carbocycles. The van der Waals surface area contributed by atoms with Crippen molar-refractivity contribution in [1.29, 1.82) is 0 Å². The fraction of sp³-hybridized carbons (Fsp3) is 0.538. The summed E-state index contributed by atoms with van der Waals surface area (Å²) in [6.07, 6.45) is 1.27. The molecular formula is C13H18Cl2N2. The molecule has 2 rings (SSSR count). The van der Waals surface area contributed by atoms with Gasteiger partial charge in [0.2, 0.25) is 0 Å². The highest BCUT2D eigenvalue weighted by Gasteiger charge is 2.22. The lowest BCUT2D eigenvalue weighted by molar-refractivity contribution is 0.315. The largest absolute Gasteiger partial charge is 0.319 e. The highest BCUT2D eigenvalue weighted by atomic mass is 35.5. The summed E-state index contributed by atoms with van der Waals surface area (Å²) >= 11 is 12.1. The highest BCUT2D eigenvalue weighted by molar-refractivity contribution is 6.35. The first kappa shape index (κ1) is 13.2. The first-order valence-corrected chi connectivity index (χ1v) is 6.75. The second-order valence-electron chi connectivity index (χ2n) is 4.68. The summed E-state index contributed by atoms with van der Waals surface area (Å²) in [4.78, 5) is 2.46. The van der Waals surface area contributed by atoms with Crippen LogP contribution in [0.15, 0.2) is 18.2 Å². The molecule has 1 unspecified atom stereocenters. The summed E-state index contributed by atoms with van der Waals surface area (Å²) < 4.78 is 0. The average molecular weight is 273 g/mol. The zero-order valence-corrected chi connectivity index (χ0v) is 11.6. The number of hydrogen-bond acceptors (Lipinski definition) is 2. The lowest BCUT2D eigenvalue weighted by Gasteiger charge is -2.17. The quantitative estimate of drug-likeness (QED) is 0.907. The first-order chi connectivity index (χ1) is 8.19. The minimum Gasteiger partial charge on any atom is -0.319 e. The van der Waals surface area contributed by atoms with Crippen LogP contribution in [0.3, 0.4) is 0 Å². The number of halogens is 2. The molecule has 0 bridgehead atoms. The number of nitrogens with zero attached hydrogens (tertiary/aromatic N) is 1. The van der Waals surface area contributed by atoms with Gasteiger partial charge in [0.1, 0.15) is 0 Å². The molecule has 0 radical (unpaired) electrons. The normalized spacial score (nSPS) is 21.0. The van der Waals surface area contributed by atoms with E-state index in [1.54, 1.807) is 0 Å². The van der Waals surface area contributed by atoms with Gasteiger partial charge in [0.15, 0.2) is 0 Å². The highest BCUT2D eigenvalue weighted by Crippen LogP contribution is 2.24. The van der Waals surface area contributed by atoms with Crippen molar-refractivity contribution >= 4 is 23.2 Å². The van der Waals surface area contributed by atoms with Crippen molar-refractivity contribution in [3.8, 4) is 0 Å². The lowest BCUT2D eigenvalue weighted by Crippen LogP contribution is -2.24. The van der Waals surface area contributed by atoms with Crippen molar-refractivity contribution in [2.75, 3.05) is 26.7 Å². The Morgan fingerprint density at radius 1 is 1.41 bits per heavy atom. The summed E-state index contributed by atoms with van der Waals surface area (Å²) in [5.74, 6) is 0.770. The molecule has 1 saturated heterocycles. The molecule has 0 amide bonds. The molecule has 94 valence electrons. The Balaban J connectivity index is 1.93. The monoisotopic (exact) mass is 272 g/mol. The SMILES string of the molecule is CNCC1CCN(Cc2ccc(Cl)cc2Cl)C1. The molecule has 0 saturated carbocycles. The van der Waals surface area contributed by atoms with Crippen molar-refractivity contribution in [2.24, 2.45) is 5.92 Å². The van der Waals surface area contributed by atoms with E-state index < -0.39 is 0 Å². The molecule has 1 aromatic carbocycles. The Morgan fingerprint density at radius 2 is 2.24 bits per heavy atom. The molecule has 2 nitrogen and oxygen atoms in total. The van der Waals surface area contributed by atoms with Crippen LogP contribution >= 0.6 is 23.2 Å². The van der Waals surface area contributed by atoms with E-state index in [0.29, 0.717) is 5.02 Å². The Kier molecular flexibility index (Phi) is 4.69. The number of hydrogen-bond donors (Lipinski definition) is 1. The van der Waals surface area contributed by atoms with E-state index in [1.165, 1.54) is 12.0 Å². The summed E-state index contributed by atoms with van der Waals surface area (Å²) in [7, 11) is 2.01. The molecule has 1 fully saturated rings. The minimum absolute atomic E-state index is 0.702. The molecule has 1 aliphatic heterocycles. The van der Waals surface area contributed by atoms with E-state index in [2.05, 4.69) is 10.2 Å². The van der Waals surface area contributed by atoms with Gasteiger partial charge in [-0.25, -0.2) is 0 Å². The van der Waals surface area contributed by atoms with Crippen LogP contribution in [0.5, 0.6) is 0 Å². The third-order valence-electron chi connectivity index (χ3n) is 3.27. The molecule has 0 spiro atoms. The summed E-state index contributed by atoms with van der Waals surface area (Å²) in [6.45, 7) is 4.34. The van der Waals surface area contributed by atoms with Crippen LogP contribution in [-0.4, -0.2) is 31.6 Å². The van der Waals surface area contributed by atoms with E-state index >= 15 is 0 Å². The van der Waals surface area contributed by atoms with Crippen LogP contribution in [0.4, 0.5) is 0 Å². The summed E-state index contributed by atoms with van der Waals surface area (Å²) in [6, 6.07) is 5.75. The smallest absolute Gasteiger partial charge is 0.0465 e. The third kappa shape index (κ3) is 3.59. The van der Waals surface area contributed by atoms with Gasteiger partial charge in [-0.05, 0) is 50.2 Å². The van der Waals surface area contributed by atoms with Crippen LogP contribution in [0.25, 0.3) is 0 Å². The Bertz CT molecular complexity index is 382. The fourth-order valence-electron chi connectivity index (χ4n) is 2.40. The average Bonchev–Trinajstić information content (AvgIpc) is 2.71. The van der Waals surface area contributed by atoms with E-state index in [9.17, 15) is 0 Å². The van der Waals surface area contributed by atoms with Gasteiger partial charge in [0.25, 0.3) is 0 Å². The Hall–Kier alpha value is -0.280. The van der Waals surface area contributed by atoms with Gasteiger partial charge in [-0.3, -0.25) is 4.90 Å². The predicted octanol–water partition coefficient (Wildman–Crippen LogP) is 3.03. The first-order valence-electron chi connectivity index (χ1n) is 6.00. The van der Waals surface area contributed by atoms with Gasteiger partial charge < -0.3 is 5.32 Å².